The summed E-state index contributed by atoms with van der Waals surface area (Å²) in [5, 5.41) is 0. The van der Waals surface area contributed by atoms with Gasteiger partial charge in [-0.3, -0.25) is 4.79 Å². The van der Waals surface area contributed by atoms with Gasteiger partial charge in [-0.1, -0.05) is 51.4 Å². The van der Waals surface area contributed by atoms with Gasteiger partial charge in [-0.15, -0.1) is 0 Å². The van der Waals surface area contributed by atoms with Gasteiger partial charge in [-0.25, -0.2) is 0 Å². The minimum atomic E-state index is -0.0604. The summed E-state index contributed by atoms with van der Waals surface area (Å²) in [6, 6.07) is 0. The molecule has 0 aromatic carbocycles. The van der Waals surface area contributed by atoms with E-state index in [0.717, 1.165) is 24.2 Å². The molecule has 2 heteroatoms. The monoisotopic (exact) mass is 280 g/mol. The minimum absolute atomic E-state index is 0.0604. The summed E-state index contributed by atoms with van der Waals surface area (Å²) >= 11 is 0. The highest BCUT2D eigenvalue weighted by Crippen LogP contribution is 2.56. The van der Waals surface area contributed by atoms with Gasteiger partial charge < -0.3 is 4.74 Å². The Morgan fingerprint density at radius 1 is 0.950 bits per heavy atom. The van der Waals surface area contributed by atoms with Crippen molar-refractivity contribution in [2.24, 2.45) is 17.8 Å². The molecule has 0 N–H and O–H groups in total. The van der Waals surface area contributed by atoms with Crippen LogP contribution in [0.1, 0.15) is 83.5 Å². The fourth-order valence-corrected chi connectivity index (χ4v) is 4.02. The Labute approximate surface area is 124 Å². The van der Waals surface area contributed by atoms with Gasteiger partial charge in [0.05, 0.1) is 7.11 Å². The molecule has 0 saturated heterocycles. The van der Waals surface area contributed by atoms with Crippen LogP contribution in [0.5, 0.6) is 0 Å². The van der Waals surface area contributed by atoms with E-state index >= 15 is 0 Å². The maximum absolute atomic E-state index is 10.9. The molecular formula is C18H32O2. The average molecular weight is 280 g/mol. The van der Waals surface area contributed by atoms with Crippen molar-refractivity contribution >= 4 is 5.97 Å². The first kappa shape index (κ1) is 15.9. The van der Waals surface area contributed by atoms with E-state index in [4.69, 9.17) is 0 Å². The summed E-state index contributed by atoms with van der Waals surface area (Å²) < 4.78 is 4.64. The molecule has 2 nitrogen and oxygen atoms in total. The maximum atomic E-state index is 10.9. The lowest BCUT2D eigenvalue weighted by Crippen LogP contribution is -1.99. The molecule has 0 amide bonds. The Morgan fingerprint density at radius 2 is 1.60 bits per heavy atom. The second-order valence-corrected chi connectivity index (χ2v) is 6.94. The first-order valence-electron chi connectivity index (χ1n) is 8.88. The highest BCUT2D eigenvalue weighted by molar-refractivity contribution is 5.68. The molecule has 0 heterocycles. The van der Waals surface area contributed by atoms with Crippen molar-refractivity contribution in [2.75, 3.05) is 7.11 Å². The Hall–Kier alpha value is -0.530. The SMILES string of the molecule is COC(=O)CCCCCCCCCCC1CCC2CC12. The van der Waals surface area contributed by atoms with Crippen molar-refractivity contribution in [3.63, 3.8) is 0 Å². The molecule has 0 aromatic rings. The zero-order chi connectivity index (χ0) is 14.2. The molecular weight excluding hydrogens is 248 g/mol. The molecule has 3 unspecified atom stereocenters. The molecule has 116 valence electrons. The number of hydrogen-bond acceptors (Lipinski definition) is 2. The third-order valence-electron chi connectivity index (χ3n) is 5.42. The van der Waals surface area contributed by atoms with Crippen molar-refractivity contribution in [2.45, 2.75) is 83.5 Å². The first-order valence-corrected chi connectivity index (χ1v) is 8.88. The van der Waals surface area contributed by atoms with Gasteiger partial charge in [0.1, 0.15) is 0 Å². The smallest absolute Gasteiger partial charge is 0.305 e. The molecule has 2 fully saturated rings. The quantitative estimate of drug-likeness (QED) is 0.388. The number of methoxy groups -OCH3 is 1. The van der Waals surface area contributed by atoms with Crippen LogP contribution in [0.3, 0.4) is 0 Å². The predicted octanol–water partition coefficient (Wildman–Crippen LogP) is 5.11. The van der Waals surface area contributed by atoms with E-state index in [1.165, 1.54) is 64.9 Å². The van der Waals surface area contributed by atoms with E-state index in [0.29, 0.717) is 6.42 Å². The average Bonchev–Trinajstić information content (AvgIpc) is 3.14. The fourth-order valence-electron chi connectivity index (χ4n) is 4.02. The topological polar surface area (TPSA) is 26.3 Å². The number of esters is 1. The molecule has 0 aliphatic heterocycles. The normalized spacial score (nSPS) is 27.4. The van der Waals surface area contributed by atoms with Crippen LogP contribution in [0.25, 0.3) is 0 Å². The van der Waals surface area contributed by atoms with Crippen LogP contribution in [0.2, 0.25) is 0 Å². The van der Waals surface area contributed by atoms with Crippen LogP contribution in [-0.4, -0.2) is 13.1 Å². The van der Waals surface area contributed by atoms with Gasteiger partial charge in [-0.2, -0.15) is 0 Å². The Kier molecular flexibility index (Phi) is 6.89. The van der Waals surface area contributed by atoms with E-state index in [2.05, 4.69) is 4.74 Å². The fraction of sp³-hybridized carbons (Fsp3) is 0.944. The van der Waals surface area contributed by atoms with Gasteiger partial charge in [0.2, 0.25) is 0 Å². The van der Waals surface area contributed by atoms with Gasteiger partial charge in [-0.05, 0) is 43.4 Å². The largest absolute Gasteiger partial charge is 0.469 e. The highest BCUT2D eigenvalue weighted by atomic mass is 16.5. The molecule has 3 atom stereocenters. The van der Waals surface area contributed by atoms with Crippen molar-refractivity contribution in [3.05, 3.63) is 0 Å². The summed E-state index contributed by atoms with van der Waals surface area (Å²) in [6.45, 7) is 0. The third kappa shape index (κ3) is 5.46. The van der Waals surface area contributed by atoms with Crippen molar-refractivity contribution in [1.29, 1.82) is 0 Å². The van der Waals surface area contributed by atoms with E-state index in [1.54, 1.807) is 12.8 Å². The molecule has 2 rings (SSSR count). The molecule has 20 heavy (non-hydrogen) atoms. The van der Waals surface area contributed by atoms with Crippen molar-refractivity contribution < 1.29 is 9.53 Å². The highest BCUT2D eigenvalue weighted by Gasteiger charge is 2.47. The number of carbonyl (C=O) groups is 1. The number of ether oxygens (including phenoxy) is 1. The summed E-state index contributed by atoms with van der Waals surface area (Å²) in [4.78, 5) is 10.9. The summed E-state index contributed by atoms with van der Waals surface area (Å²) in [7, 11) is 1.47. The minimum Gasteiger partial charge on any atom is -0.469 e. The van der Waals surface area contributed by atoms with E-state index < -0.39 is 0 Å². The number of carbonyl (C=O) groups excluding carboxylic acids is 1. The molecule has 2 saturated carbocycles. The second-order valence-electron chi connectivity index (χ2n) is 6.94. The van der Waals surface area contributed by atoms with E-state index in [9.17, 15) is 4.79 Å². The summed E-state index contributed by atoms with van der Waals surface area (Å²) in [6.07, 6.45) is 17.3. The number of fused-ring (bicyclic) bond motifs is 1. The predicted molar refractivity (Wildman–Crippen MR) is 82.5 cm³/mol. The molecule has 2 aliphatic carbocycles. The lowest BCUT2D eigenvalue weighted by molar-refractivity contribution is -0.140. The van der Waals surface area contributed by atoms with Crippen LogP contribution >= 0.6 is 0 Å². The van der Waals surface area contributed by atoms with Crippen LogP contribution < -0.4 is 0 Å². The number of unbranched alkanes of at least 4 members (excludes halogenated alkanes) is 7. The molecule has 0 radical (unpaired) electrons. The lowest BCUT2D eigenvalue weighted by Gasteiger charge is -2.10. The van der Waals surface area contributed by atoms with Crippen LogP contribution in [0.15, 0.2) is 0 Å². The Bertz CT molecular complexity index is 287. The zero-order valence-electron chi connectivity index (χ0n) is 13.2. The van der Waals surface area contributed by atoms with Gasteiger partial charge in [0.15, 0.2) is 0 Å². The van der Waals surface area contributed by atoms with Gasteiger partial charge in [0.25, 0.3) is 0 Å². The molecule has 0 aromatic heterocycles. The third-order valence-corrected chi connectivity index (χ3v) is 5.42. The van der Waals surface area contributed by atoms with Gasteiger partial charge in [0, 0.05) is 6.42 Å². The number of hydrogen-bond donors (Lipinski definition) is 0. The lowest BCUT2D eigenvalue weighted by atomic mass is 9.95. The summed E-state index contributed by atoms with van der Waals surface area (Å²) in [5.74, 6) is 3.36. The van der Waals surface area contributed by atoms with Crippen LogP contribution in [0, 0.1) is 17.8 Å². The van der Waals surface area contributed by atoms with Crippen molar-refractivity contribution in [3.8, 4) is 0 Å². The Morgan fingerprint density at radius 3 is 2.15 bits per heavy atom. The van der Waals surface area contributed by atoms with E-state index in [1.807, 2.05) is 0 Å². The number of rotatable bonds is 11. The molecule has 0 spiro atoms. The van der Waals surface area contributed by atoms with Gasteiger partial charge >= 0.3 is 5.97 Å². The van der Waals surface area contributed by atoms with Crippen molar-refractivity contribution in [1.82, 2.24) is 0 Å². The molecule has 2 aliphatic rings. The Balaban J connectivity index is 1.29. The zero-order valence-corrected chi connectivity index (χ0v) is 13.2. The second kappa shape index (κ2) is 8.69. The molecule has 0 bridgehead atoms. The maximum Gasteiger partial charge on any atom is 0.305 e. The van der Waals surface area contributed by atoms with Crippen LogP contribution in [-0.2, 0) is 9.53 Å². The standard InChI is InChI=1S/C18H32O2/c1-20-18(19)11-9-7-5-3-2-4-6-8-10-15-12-13-16-14-17(15)16/h15-17H,2-14H2,1H3. The van der Waals surface area contributed by atoms with E-state index in [-0.39, 0.29) is 5.97 Å². The summed E-state index contributed by atoms with van der Waals surface area (Å²) in [5.41, 5.74) is 0. The van der Waals surface area contributed by atoms with Crippen LogP contribution in [0.4, 0.5) is 0 Å². The first-order chi connectivity index (χ1) is 9.81.